The van der Waals surface area contributed by atoms with E-state index in [2.05, 4.69) is 39.7 Å². The van der Waals surface area contributed by atoms with Gasteiger partial charge in [0, 0.05) is 26.8 Å². The van der Waals surface area contributed by atoms with Gasteiger partial charge >= 0.3 is 0 Å². The van der Waals surface area contributed by atoms with E-state index in [4.69, 9.17) is 10.7 Å². The molecule has 0 aromatic heterocycles. The Morgan fingerprint density at radius 1 is 1.10 bits per heavy atom. The van der Waals surface area contributed by atoms with E-state index in [0.717, 1.165) is 26.0 Å². The highest BCUT2D eigenvalue weighted by Gasteiger charge is 2.12. The molecule has 0 amide bonds. The van der Waals surface area contributed by atoms with Crippen LogP contribution in [0.25, 0.3) is 0 Å². The topological polar surface area (TPSA) is 38.4 Å². The Kier molecular flexibility index (Phi) is 6.81. The summed E-state index contributed by atoms with van der Waals surface area (Å²) >= 11 is 6.99. The highest BCUT2D eigenvalue weighted by Crippen LogP contribution is 2.28. The molecule has 2 unspecified atom stereocenters. The fraction of sp³-hybridized carbons (Fsp3) is 0.562. The Balaban J connectivity index is 2.05. The molecule has 2 nitrogen and oxygen atoms in total. The lowest BCUT2D eigenvalue weighted by molar-refractivity contribution is 0.537. The van der Waals surface area contributed by atoms with Gasteiger partial charge in [-0.15, -0.1) is 0 Å². The first kappa shape index (κ1) is 17.1. The van der Waals surface area contributed by atoms with E-state index in [0.29, 0.717) is 6.04 Å². The highest BCUT2D eigenvalue weighted by atomic mass is 79.9. The van der Waals surface area contributed by atoms with Crippen LogP contribution in [-0.4, -0.2) is 20.1 Å². The molecule has 2 N–H and O–H groups in total. The highest BCUT2D eigenvalue weighted by molar-refractivity contribution is 9.11. The van der Waals surface area contributed by atoms with Gasteiger partial charge in [0.25, 0.3) is 0 Å². The molecule has 0 saturated heterocycles. The summed E-state index contributed by atoms with van der Waals surface area (Å²) in [6.07, 6.45) is 11.0. The normalized spacial score (nSPS) is 24.5. The van der Waals surface area contributed by atoms with Crippen LogP contribution >= 0.6 is 31.9 Å². The molecule has 2 rings (SSSR count). The van der Waals surface area contributed by atoms with Crippen molar-refractivity contribution in [3.8, 4) is 0 Å². The molecule has 0 spiro atoms. The molecule has 2 atom stereocenters. The van der Waals surface area contributed by atoms with Crippen LogP contribution < -0.4 is 5.73 Å². The van der Waals surface area contributed by atoms with Crippen molar-refractivity contribution >= 4 is 51.6 Å². The Bertz CT molecular complexity index is 505. The van der Waals surface area contributed by atoms with Crippen molar-refractivity contribution in [1.29, 1.82) is 0 Å². The molecule has 1 saturated carbocycles. The third kappa shape index (κ3) is 5.44. The summed E-state index contributed by atoms with van der Waals surface area (Å²) in [7, 11) is 2.38. The number of hydrogen-bond donors (Lipinski definition) is 1. The van der Waals surface area contributed by atoms with Crippen LogP contribution in [0.5, 0.6) is 0 Å². The van der Waals surface area contributed by atoms with Gasteiger partial charge in [-0.3, -0.25) is 4.99 Å². The van der Waals surface area contributed by atoms with E-state index < -0.39 is 0 Å². The number of anilines is 1. The fourth-order valence-electron chi connectivity index (χ4n) is 2.91. The Hall–Kier alpha value is -0.285. The molecule has 0 aliphatic heterocycles. The molecule has 1 aromatic rings. The number of nitrogens with zero attached hydrogens (tertiary/aromatic N) is 1. The summed E-state index contributed by atoms with van der Waals surface area (Å²) in [5.74, 6) is 0.879. The maximum Gasteiger partial charge on any atom is 0.105 e. The molecule has 0 bridgehead atoms. The van der Waals surface area contributed by atoms with Crippen molar-refractivity contribution < 1.29 is 0 Å². The predicted octanol–water partition coefficient (Wildman–Crippen LogP) is 4.75. The largest absolute Gasteiger partial charge is 0.397 e. The fourth-order valence-corrected chi connectivity index (χ4v) is 4.17. The summed E-state index contributed by atoms with van der Waals surface area (Å²) in [5, 5.41) is 0. The van der Waals surface area contributed by atoms with Crippen molar-refractivity contribution in [3.05, 3.63) is 26.6 Å². The SMILES string of the molecule is BC1CCCCC(/N=C/c2cc(Br)cc(Br)c2N)CCC1. The molecular formula is C16H23BBr2N2. The van der Waals surface area contributed by atoms with E-state index >= 15 is 0 Å². The van der Waals surface area contributed by atoms with Crippen molar-refractivity contribution in [1.82, 2.24) is 0 Å². The monoisotopic (exact) mass is 412 g/mol. The first-order chi connectivity index (χ1) is 10.1. The van der Waals surface area contributed by atoms with Crippen molar-refractivity contribution in [2.75, 3.05) is 5.73 Å². The second-order valence-corrected chi connectivity index (χ2v) is 7.91. The lowest BCUT2D eigenvalue weighted by Crippen LogP contribution is -2.05. The maximum atomic E-state index is 6.11. The third-order valence-corrected chi connectivity index (χ3v) is 5.38. The van der Waals surface area contributed by atoms with E-state index in [-0.39, 0.29) is 0 Å². The Morgan fingerprint density at radius 2 is 1.76 bits per heavy atom. The standard InChI is InChI=1S/C16H23BBr2N2/c17-12-4-1-2-6-14(7-3-5-12)21-10-11-8-13(18)9-15(19)16(11)20/h8-10,12,14H,1-7,17,20H2/b21-10+. The van der Waals surface area contributed by atoms with Gasteiger partial charge in [-0.2, -0.15) is 0 Å². The average molecular weight is 414 g/mol. The second-order valence-electron chi connectivity index (χ2n) is 6.14. The van der Waals surface area contributed by atoms with E-state index in [1.165, 1.54) is 44.9 Å². The van der Waals surface area contributed by atoms with Gasteiger partial charge in [0.2, 0.25) is 0 Å². The number of hydrogen-bond acceptors (Lipinski definition) is 2. The van der Waals surface area contributed by atoms with Crippen LogP contribution in [0.15, 0.2) is 26.1 Å². The van der Waals surface area contributed by atoms with Gasteiger partial charge in [-0.05, 0) is 40.9 Å². The van der Waals surface area contributed by atoms with Crippen molar-refractivity contribution in [2.24, 2.45) is 4.99 Å². The lowest BCUT2D eigenvalue weighted by Gasteiger charge is -2.11. The summed E-state index contributed by atoms with van der Waals surface area (Å²) in [6, 6.07) is 4.45. The molecule has 114 valence electrons. The van der Waals surface area contributed by atoms with Crippen LogP contribution in [-0.2, 0) is 0 Å². The van der Waals surface area contributed by atoms with Gasteiger partial charge < -0.3 is 5.73 Å². The molecule has 0 heterocycles. The van der Waals surface area contributed by atoms with Crippen molar-refractivity contribution in [2.45, 2.75) is 56.8 Å². The lowest BCUT2D eigenvalue weighted by atomic mass is 9.80. The Labute approximate surface area is 145 Å². The van der Waals surface area contributed by atoms with Gasteiger partial charge in [-0.1, -0.05) is 53.9 Å². The number of rotatable bonds is 2. The number of nitrogens with two attached hydrogens (primary N) is 1. The zero-order valence-corrected chi connectivity index (χ0v) is 15.8. The van der Waals surface area contributed by atoms with Crippen molar-refractivity contribution in [3.63, 3.8) is 0 Å². The maximum absolute atomic E-state index is 6.11. The molecule has 1 aliphatic rings. The summed E-state index contributed by atoms with van der Waals surface area (Å²) in [4.78, 5) is 4.82. The van der Waals surface area contributed by atoms with Gasteiger partial charge in [0.15, 0.2) is 0 Å². The van der Waals surface area contributed by atoms with E-state index in [1.807, 2.05) is 18.3 Å². The van der Waals surface area contributed by atoms with Gasteiger partial charge in [0.05, 0.1) is 5.69 Å². The minimum absolute atomic E-state index is 0.451. The number of nitrogen functional groups attached to an aromatic ring is 1. The summed E-state index contributed by atoms with van der Waals surface area (Å²) in [5.41, 5.74) is 7.86. The van der Waals surface area contributed by atoms with Crippen LogP contribution in [0.2, 0.25) is 5.82 Å². The predicted molar refractivity (Wildman–Crippen MR) is 102 cm³/mol. The summed E-state index contributed by atoms with van der Waals surface area (Å²) in [6.45, 7) is 0. The van der Waals surface area contributed by atoms with Crippen LogP contribution in [0.3, 0.4) is 0 Å². The minimum atomic E-state index is 0.451. The molecule has 0 radical (unpaired) electrons. The zero-order valence-electron chi connectivity index (χ0n) is 12.6. The van der Waals surface area contributed by atoms with Crippen LogP contribution in [0.4, 0.5) is 5.69 Å². The smallest absolute Gasteiger partial charge is 0.105 e. The zero-order chi connectivity index (χ0) is 15.2. The number of aliphatic imine (C=N–C) groups is 1. The number of halogens is 2. The van der Waals surface area contributed by atoms with Gasteiger partial charge in [0.1, 0.15) is 7.85 Å². The Morgan fingerprint density at radius 3 is 2.57 bits per heavy atom. The minimum Gasteiger partial charge on any atom is -0.397 e. The first-order valence-electron chi connectivity index (χ1n) is 7.84. The van der Waals surface area contributed by atoms with Crippen LogP contribution in [0, 0.1) is 0 Å². The molecule has 1 aliphatic carbocycles. The van der Waals surface area contributed by atoms with Crippen LogP contribution in [0.1, 0.15) is 50.5 Å². The first-order valence-corrected chi connectivity index (χ1v) is 9.42. The molecule has 5 heteroatoms. The summed E-state index contributed by atoms with van der Waals surface area (Å²) < 4.78 is 1.94. The quantitative estimate of drug-likeness (QED) is 0.424. The van der Waals surface area contributed by atoms with E-state index in [9.17, 15) is 0 Å². The number of benzene rings is 1. The van der Waals surface area contributed by atoms with Gasteiger partial charge in [-0.25, -0.2) is 0 Å². The van der Waals surface area contributed by atoms with E-state index in [1.54, 1.807) is 0 Å². The molecule has 1 aromatic carbocycles. The third-order valence-electron chi connectivity index (χ3n) is 4.27. The molecule has 21 heavy (non-hydrogen) atoms. The molecular weight excluding hydrogens is 391 g/mol. The molecule has 1 fully saturated rings. The second kappa shape index (κ2) is 8.37. The average Bonchev–Trinajstić information content (AvgIpc) is 2.53.